The molecule has 0 aliphatic carbocycles. The van der Waals surface area contributed by atoms with E-state index in [2.05, 4.69) is 22.8 Å². The summed E-state index contributed by atoms with van der Waals surface area (Å²) in [5, 5.41) is 5.85. The van der Waals surface area contributed by atoms with Gasteiger partial charge in [-0.2, -0.15) is 0 Å². The van der Waals surface area contributed by atoms with E-state index in [1.807, 2.05) is 55.8 Å². The Kier molecular flexibility index (Phi) is 8.87. The Morgan fingerprint density at radius 2 is 1.63 bits per heavy atom. The highest BCUT2D eigenvalue weighted by molar-refractivity contribution is 7.98. The number of carbonyl (C=O) groups is 2. The van der Waals surface area contributed by atoms with Crippen molar-refractivity contribution in [2.45, 2.75) is 17.7 Å². The molecular formula is C21H28N3O2S+. The summed E-state index contributed by atoms with van der Waals surface area (Å²) in [5.74, 6) is -0.122. The summed E-state index contributed by atoms with van der Waals surface area (Å²) in [7, 11) is 1.85. The van der Waals surface area contributed by atoms with Crippen molar-refractivity contribution in [3.63, 3.8) is 0 Å². The number of benzene rings is 2. The number of rotatable bonds is 10. The van der Waals surface area contributed by atoms with E-state index in [0.29, 0.717) is 6.54 Å². The van der Waals surface area contributed by atoms with Crippen molar-refractivity contribution in [2.24, 2.45) is 0 Å². The first-order chi connectivity index (χ1) is 13.1. The fourth-order valence-electron chi connectivity index (χ4n) is 2.78. The van der Waals surface area contributed by atoms with E-state index in [9.17, 15) is 9.59 Å². The average molecular weight is 387 g/mol. The van der Waals surface area contributed by atoms with E-state index < -0.39 is 0 Å². The van der Waals surface area contributed by atoms with E-state index in [-0.39, 0.29) is 24.9 Å². The van der Waals surface area contributed by atoms with Crippen molar-refractivity contribution in [1.29, 1.82) is 0 Å². The first-order valence-corrected chi connectivity index (χ1v) is 10.4. The molecule has 144 valence electrons. The van der Waals surface area contributed by atoms with Crippen LogP contribution in [0.4, 0.5) is 5.69 Å². The molecule has 0 aromatic heterocycles. The Balaban J connectivity index is 1.66. The van der Waals surface area contributed by atoms with Gasteiger partial charge >= 0.3 is 0 Å². The summed E-state index contributed by atoms with van der Waals surface area (Å²) < 4.78 is 0. The smallest absolute Gasteiger partial charge is 0.279 e. The Bertz CT molecular complexity index is 737. The predicted molar refractivity (Wildman–Crippen MR) is 111 cm³/mol. The van der Waals surface area contributed by atoms with Crippen LogP contribution in [0.1, 0.15) is 12.0 Å². The Hall–Kier alpha value is -2.31. The fourth-order valence-corrected chi connectivity index (χ4v) is 3.33. The van der Waals surface area contributed by atoms with Gasteiger partial charge in [0.05, 0.1) is 12.7 Å². The summed E-state index contributed by atoms with van der Waals surface area (Å²) in [6.07, 6.45) is 3.83. The molecule has 0 saturated carbocycles. The van der Waals surface area contributed by atoms with E-state index in [4.69, 9.17) is 0 Å². The second kappa shape index (κ2) is 11.4. The predicted octanol–water partition coefficient (Wildman–Crippen LogP) is 1.61. The lowest BCUT2D eigenvalue weighted by Gasteiger charge is -2.14. The minimum absolute atomic E-state index is 0.0297. The molecule has 2 rings (SSSR count). The minimum Gasteiger partial charge on any atom is -0.351 e. The van der Waals surface area contributed by atoms with Crippen LogP contribution in [0, 0.1) is 0 Å². The number of quaternary nitrogens is 1. The molecule has 2 aromatic rings. The van der Waals surface area contributed by atoms with Gasteiger partial charge in [0.25, 0.3) is 11.8 Å². The minimum atomic E-state index is -0.0918. The highest BCUT2D eigenvalue weighted by Gasteiger charge is 2.15. The van der Waals surface area contributed by atoms with Crippen LogP contribution < -0.4 is 15.5 Å². The fraction of sp³-hybridized carbons (Fsp3) is 0.333. The molecule has 2 aromatic carbocycles. The first kappa shape index (κ1) is 21.0. The van der Waals surface area contributed by atoms with Gasteiger partial charge in [-0.3, -0.25) is 9.59 Å². The van der Waals surface area contributed by atoms with Gasteiger partial charge in [0.15, 0.2) is 13.1 Å². The number of thioether (sulfide) groups is 1. The maximum absolute atomic E-state index is 12.2. The van der Waals surface area contributed by atoms with Gasteiger partial charge in [-0.15, -0.1) is 11.8 Å². The maximum Gasteiger partial charge on any atom is 0.279 e. The number of nitrogens with one attached hydrogen (secondary N) is 3. The molecule has 0 heterocycles. The maximum atomic E-state index is 12.2. The monoisotopic (exact) mass is 386 g/mol. The van der Waals surface area contributed by atoms with Gasteiger partial charge in [-0.1, -0.05) is 42.5 Å². The molecule has 3 N–H and O–H groups in total. The Morgan fingerprint density at radius 1 is 0.963 bits per heavy atom. The molecule has 0 saturated heterocycles. The molecule has 27 heavy (non-hydrogen) atoms. The third kappa shape index (κ3) is 7.85. The van der Waals surface area contributed by atoms with Gasteiger partial charge in [-0.05, 0) is 36.8 Å². The molecule has 0 spiro atoms. The number of hydrogen-bond donors (Lipinski definition) is 3. The molecule has 1 unspecified atom stereocenters. The van der Waals surface area contributed by atoms with Crippen LogP contribution in [-0.4, -0.2) is 44.8 Å². The molecule has 0 fully saturated rings. The van der Waals surface area contributed by atoms with Crippen LogP contribution in [0.25, 0.3) is 0 Å². The lowest BCUT2D eigenvalue weighted by atomic mass is 10.1. The van der Waals surface area contributed by atoms with Crippen molar-refractivity contribution >= 4 is 29.3 Å². The van der Waals surface area contributed by atoms with Crippen molar-refractivity contribution in [3.8, 4) is 0 Å². The number of amides is 2. The zero-order valence-corrected chi connectivity index (χ0v) is 16.8. The van der Waals surface area contributed by atoms with E-state index in [1.165, 1.54) is 5.56 Å². The summed E-state index contributed by atoms with van der Waals surface area (Å²) in [5.41, 5.74) is 2.09. The van der Waals surface area contributed by atoms with Crippen LogP contribution in [0.2, 0.25) is 0 Å². The van der Waals surface area contributed by atoms with Crippen molar-refractivity contribution < 1.29 is 14.5 Å². The lowest BCUT2D eigenvalue weighted by Crippen LogP contribution is -3.11. The van der Waals surface area contributed by atoms with Crippen LogP contribution in [0.3, 0.4) is 0 Å². The van der Waals surface area contributed by atoms with Gasteiger partial charge in [0.1, 0.15) is 0 Å². The number of likely N-dealkylation sites (N-methyl/N-ethyl adjacent to an activating group) is 1. The van der Waals surface area contributed by atoms with Gasteiger partial charge < -0.3 is 15.5 Å². The third-order valence-electron chi connectivity index (χ3n) is 4.11. The number of aryl methyl sites for hydroxylation is 1. The molecule has 0 aliphatic rings. The van der Waals surface area contributed by atoms with E-state index in [0.717, 1.165) is 28.3 Å². The Labute approximate surface area is 165 Å². The van der Waals surface area contributed by atoms with E-state index >= 15 is 0 Å². The second-order valence-corrected chi connectivity index (χ2v) is 7.35. The molecule has 5 nitrogen and oxygen atoms in total. The van der Waals surface area contributed by atoms with Gasteiger partial charge in [-0.25, -0.2) is 0 Å². The highest BCUT2D eigenvalue weighted by Crippen LogP contribution is 2.24. The zero-order chi connectivity index (χ0) is 19.5. The molecule has 0 aliphatic heterocycles. The zero-order valence-electron chi connectivity index (χ0n) is 16.0. The summed E-state index contributed by atoms with van der Waals surface area (Å²) in [6, 6.07) is 17.9. The van der Waals surface area contributed by atoms with E-state index in [1.54, 1.807) is 11.8 Å². The summed E-state index contributed by atoms with van der Waals surface area (Å²) in [6.45, 7) is 1.18. The van der Waals surface area contributed by atoms with Crippen LogP contribution in [-0.2, 0) is 16.0 Å². The van der Waals surface area contributed by atoms with Crippen LogP contribution in [0.5, 0.6) is 0 Å². The van der Waals surface area contributed by atoms with Crippen molar-refractivity contribution in [1.82, 2.24) is 5.32 Å². The van der Waals surface area contributed by atoms with Gasteiger partial charge in [0, 0.05) is 11.4 Å². The largest absolute Gasteiger partial charge is 0.351 e. The third-order valence-corrected chi connectivity index (χ3v) is 4.91. The number of anilines is 1. The topological polar surface area (TPSA) is 62.6 Å². The standard InChI is InChI=1S/C21H27N3O2S/c1-24(16-21(26)23-18-12-6-7-13-19(18)27-2)15-20(25)22-14-8-11-17-9-4-3-5-10-17/h3-7,9-10,12-13H,8,11,14-16H2,1-2H3,(H,22,25)(H,23,26)/p+1. The first-order valence-electron chi connectivity index (χ1n) is 9.13. The van der Waals surface area contributed by atoms with Crippen LogP contribution >= 0.6 is 11.8 Å². The van der Waals surface area contributed by atoms with Crippen molar-refractivity contribution in [2.75, 3.05) is 38.3 Å². The molecule has 0 bridgehead atoms. The molecule has 2 amide bonds. The Morgan fingerprint density at radius 3 is 2.37 bits per heavy atom. The molecule has 6 heteroatoms. The quantitative estimate of drug-likeness (QED) is 0.429. The molecular weight excluding hydrogens is 358 g/mol. The summed E-state index contributed by atoms with van der Waals surface area (Å²) >= 11 is 1.59. The van der Waals surface area contributed by atoms with Crippen LogP contribution in [0.15, 0.2) is 59.5 Å². The lowest BCUT2D eigenvalue weighted by molar-refractivity contribution is -0.862. The summed E-state index contributed by atoms with van der Waals surface area (Å²) in [4.78, 5) is 26.1. The molecule has 0 radical (unpaired) electrons. The van der Waals surface area contributed by atoms with Gasteiger partial charge in [0.2, 0.25) is 0 Å². The number of carbonyl (C=O) groups excluding carboxylic acids is 2. The number of hydrogen-bond acceptors (Lipinski definition) is 3. The SMILES string of the molecule is CSc1ccccc1NC(=O)C[NH+](C)CC(=O)NCCCc1ccccc1. The average Bonchev–Trinajstić information content (AvgIpc) is 2.66. The highest BCUT2D eigenvalue weighted by atomic mass is 32.2. The second-order valence-electron chi connectivity index (χ2n) is 6.50. The normalized spacial score (nSPS) is 11.6. The van der Waals surface area contributed by atoms with Crippen molar-refractivity contribution in [3.05, 3.63) is 60.2 Å². The number of para-hydroxylation sites is 1. The molecule has 1 atom stereocenters.